The quantitative estimate of drug-likeness (QED) is 0.0901. The average molecular weight is 840 g/mol. The Bertz CT molecular complexity index is 1970. The molecule has 0 aliphatic carbocycles. The van der Waals surface area contributed by atoms with Gasteiger partial charge >= 0.3 is 0 Å². The molecule has 0 unspecified atom stereocenters. The summed E-state index contributed by atoms with van der Waals surface area (Å²) in [5.41, 5.74) is 10.3. The molecule has 0 saturated heterocycles. The lowest BCUT2D eigenvalue weighted by Gasteiger charge is -2.23. The Morgan fingerprint density at radius 1 is 0.444 bits per heavy atom. The van der Waals surface area contributed by atoms with E-state index < -0.39 is 15.5 Å². The van der Waals surface area contributed by atoms with E-state index in [4.69, 9.17) is 11.1 Å². The van der Waals surface area contributed by atoms with Gasteiger partial charge in [-0.2, -0.15) is 11.1 Å². The normalized spacial score (nSPS) is 11.2. The van der Waals surface area contributed by atoms with Gasteiger partial charge in [-0.3, -0.25) is 0 Å². The summed E-state index contributed by atoms with van der Waals surface area (Å²) in [5.74, 6) is -0.352. The van der Waals surface area contributed by atoms with Gasteiger partial charge in [0.1, 0.15) is 11.6 Å². The van der Waals surface area contributed by atoms with Gasteiger partial charge in [0.25, 0.3) is 0 Å². The number of benzene rings is 6. The molecule has 6 heteroatoms. The van der Waals surface area contributed by atoms with Crippen molar-refractivity contribution in [3.05, 3.63) is 184 Å². The van der Waals surface area contributed by atoms with Crippen LogP contribution in [0.2, 0.25) is 26.2 Å². The molecule has 0 aliphatic heterocycles. The van der Waals surface area contributed by atoms with Gasteiger partial charge in [-0.1, -0.05) is 189 Å². The molecule has 54 heavy (non-hydrogen) atoms. The number of halogens is 4. The summed E-state index contributed by atoms with van der Waals surface area (Å²) < 4.78 is 26.7. The van der Waals surface area contributed by atoms with Crippen LogP contribution in [-0.4, -0.2) is 15.5 Å². The Morgan fingerprint density at radius 2 is 0.759 bits per heavy atom. The summed E-state index contributed by atoms with van der Waals surface area (Å²) in [7, 11) is -3.17. The topological polar surface area (TPSA) is 0 Å². The molecule has 0 heterocycles. The second-order valence-corrected chi connectivity index (χ2v) is 27.7. The Kier molecular flexibility index (Phi) is 16.7. The maximum Gasteiger partial charge on any atom is 0.154 e. The maximum absolute atomic E-state index is 13.1. The zero-order valence-corrected chi connectivity index (χ0v) is 37.0. The lowest BCUT2D eigenvalue weighted by Crippen LogP contribution is -2.43. The summed E-state index contributed by atoms with van der Waals surface area (Å²) in [6.07, 6.45) is 4.70. The largest absolute Gasteiger partial charge is 0.207 e. The van der Waals surface area contributed by atoms with E-state index in [-0.39, 0.29) is 11.6 Å². The summed E-state index contributed by atoms with van der Waals surface area (Å²) in [6.45, 7) is 13.3. The second kappa shape index (κ2) is 20.9. The van der Waals surface area contributed by atoms with Gasteiger partial charge in [0.2, 0.25) is 0 Å². The molecule has 0 N–H and O–H groups in total. The minimum atomic E-state index is -1.60. The first-order valence-electron chi connectivity index (χ1n) is 19.0. The highest BCUT2D eigenvalue weighted by Crippen LogP contribution is 2.23. The van der Waals surface area contributed by atoms with E-state index in [1.54, 1.807) is 24.3 Å². The van der Waals surface area contributed by atoms with Gasteiger partial charge in [0, 0.05) is 4.47 Å². The third kappa shape index (κ3) is 14.6. The number of aryl methyl sites for hydroxylation is 2. The monoisotopic (exact) mass is 838 g/mol. The molecule has 0 amide bonds. The van der Waals surface area contributed by atoms with Gasteiger partial charge in [-0.25, -0.2) is 8.78 Å². The van der Waals surface area contributed by atoms with Gasteiger partial charge < -0.3 is 0 Å². The summed E-state index contributed by atoms with van der Waals surface area (Å²) in [4.78, 5) is 0. The van der Waals surface area contributed by atoms with E-state index in [0.29, 0.717) is 0 Å². The molecule has 0 aromatic heterocycles. The molecular weight excluding hydrogens is 786 g/mol. The molecule has 0 atom stereocenters. The van der Waals surface area contributed by atoms with Crippen LogP contribution in [0.15, 0.2) is 150 Å². The van der Waals surface area contributed by atoms with E-state index in [0.717, 1.165) is 28.5 Å². The smallest absolute Gasteiger partial charge is 0.154 e. The molecule has 0 spiro atoms. The molecule has 282 valence electrons. The van der Waals surface area contributed by atoms with E-state index >= 15 is 0 Å². The molecule has 6 aromatic carbocycles. The minimum Gasteiger partial charge on any atom is -0.207 e. The van der Waals surface area contributed by atoms with Crippen LogP contribution in [0.1, 0.15) is 48.9 Å². The van der Waals surface area contributed by atoms with Crippen molar-refractivity contribution in [2.45, 2.75) is 77.8 Å². The first-order valence-corrected chi connectivity index (χ1v) is 27.2. The summed E-state index contributed by atoms with van der Waals surface area (Å²) >= 11 is 9.60. The maximum atomic E-state index is 13.1. The third-order valence-electron chi connectivity index (χ3n) is 9.26. The predicted octanol–water partition coefficient (Wildman–Crippen LogP) is 14.6. The molecule has 0 fully saturated rings. The third-order valence-corrected chi connectivity index (χ3v) is 14.6. The Balaban J connectivity index is 0.000000198. The molecule has 0 nitrogen and oxygen atoms in total. The van der Waals surface area contributed by atoms with Crippen molar-refractivity contribution in [1.29, 1.82) is 0 Å². The highest BCUT2D eigenvalue weighted by atomic mass is 79.9. The van der Waals surface area contributed by atoms with Crippen molar-refractivity contribution in [2.75, 3.05) is 0 Å². The van der Waals surface area contributed by atoms with Crippen LogP contribution in [0.5, 0.6) is 0 Å². The summed E-state index contributed by atoms with van der Waals surface area (Å²) in [5, 5.41) is 1.44. The Morgan fingerprint density at radius 3 is 1.11 bits per heavy atom. The van der Waals surface area contributed by atoms with Crippen LogP contribution < -0.4 is 5.19 Å². The van der Waals surface area contributed by atoms with E-state index in [1.807, 2.05) is 12.1 Å². The SMILES string of the molecule is CCCc1ccc(-c2ccc(Br)cc2)cc1.CCCc1ccc(-c2ccc([Si](C)(C)Cc3ccc(F)cc3)cc2)cc1.C[Si](C)(Cl)Cc1ccc(F)cc1. The van der Waals surface area contributed by atoms with E-state index in [9.17, 15) is 8.78 Å². The van der Waals surface area contributed by atoms with Crippen molar-refractivity contribution in [3.63, 3.8) is 0 Å². The van der Waals surface area contributed by atoms with Crippen molar-refractivity contribution >= 4 is 47.7 Å². The van der Waals surface area contributed by atoms with Crippen LogP contribution in [0.4, 0.5) is 8.78 Å². The van der Waals surface area contributed by atoms with Crippen LogP contribution in [-0.2, 0) is 24.9 Å². The molecule has 0 saturated carbocycles. The fraction of sp³-hybridized carbons (Fsp3) is 0.250. The number of hydrogen-bond acceptors (Lipinski definition) is 0. The van der Waals surface area contributed by atoms with Gasteiger partial charge in [-0.05, 0) is 100 Å². The first-order chi connectivity index (χ1) is 25.7. The number of rotatable bonds is 11. The molecular formula is C48H54BrClF2Si2. The fourth-order valence-corrected chi connectivity index (χ4v) is 10.8. The molecule has 6 rings (SSSR count). The Labute approximate surface area is 338 Å². The molecule has 0 bridgehead atoms. The highest BCUT2D eigenvalue weighted by Gasteiger charge is 2.24. The molecule has 0 aliphatic rings. The lowest BCUT2D eigenvalue weighted by molar-refractivity contribution is 0.627. The van der Waals surface area contributed by atoms with Crippen LogP contribution in [0.25, 0.3) is 22.3 Å². The van der Waals surface area contributed by atoms with Gasteiger partial charge in [-0.15, -0.1) is 0 Å². The van der Waals surface area contributed by atoms with Crippen LogP contribution >= 0.6 is 27.0 Å². The zero-order valence-electron chi connectivity index (χ0n) is 32.6. The Hall–Kier alpha value is -3.62. The second-order valence-electron chi connectivity index (χ2n) is 15.2. The minimum absolute atomic E-state index is 0.164. The predicted molar refractivity (Wildman–Crippen MR) is 240 cm³/mol. The molecule has 6 aromatic rings. The molecule has 0 radical (unpaired) electrons. The number of hydrogen-bond donors (Lipinski definition) is 0. The summed E-state index contributed by atoms with van der Waals surface area (Å²) in [6, 6.07) is 50.7. The first kappa shape index (κ1) is 43.1. The van der Waals surface area contributed by atoms with Crippen molar-refractivity contribution < 1.29 is 8.78 Å². The van der Waals surface area contributed by atoms with Crippen molar-refractivity contribution in [3.8, 4) is 22.3 Å². The van der Waals surface area contributed by atoms with Gasteiger partial charge in [0.05, 0.1) is 8.07 Å². The highest BCUT2D eigenvalue weighted by molar-refractivity contribution is 9.10. The van der Waals surface area contributed by atoms with Crippen LogP contribution in [0, 0.1) is 11.6 Å². The lowest BCUT2D eigenvalue weighted by atomic mass is 10.0. The van der Waals surface area contributed by atoms with E-state index in [1.165, 1.54) is 75.5 Å². The zero-order chi connectivity index (χ0) is 39.1. The van der Waals surface area contributed by atoms with Crippen molar-refractivity contribution in [1.82, 2.24) is 0 Å². The standard InChI is InChI=1S/C24H27FSi.C15H15Br.C9H12ClFSi/c1-4-5-19-6-10-21(11-7-19)22-12-16-24(17-13-22)26(2,3)18-20-8-14-23(25)15-9-20;1-2-3-12-4-6-13(7-5-12)14-8-10-15(16)11-9-14;1-12(2,10)7-8-3-5-9(11)6-4-8/h6-17H,4-5,18H2,1-3H3;4-11H,2-3H2,1H3;3-6H,7H2,1-2H3. The van der Waals surface area contributed by atoms with E-state index in [2.05, 4.69) is 153 Å². The average Bonchev–Trinajstić information content (AvgIpc) is 3.15. The fourth-order valence-electron chi connectivity index (χ4n) is 6.36. The van der Waals surface area contributed by atoms with Crippen LogP contribution in [0.3, 0.4) is 0 Å². The van der Waals surface area contributed by atoms with Gasteiger partial charge in [0.15, 0.2) is 7.38 Å². The van der Waals surface area contributed by atoms with Crippen molar-refractivity contribution in [2.24, 2.45) is 0 Å².